The van der Waals surface area contributed by atoms with Crippen LogP contribution in [0.3, 0.4) is 0 Å². The second-order valence-corrected chi connectivity index (χ2v) is 5.29. The smallest absolute Gasteiger partial charge is 0.217 e. The van der Waals surface area contributed by atoms with Gasteiger partial charge in [0.2, 0.25) is 5.91 Å². The van der Waals surface area contributed by atoms with Crippen LogP contribution >= 0.6 is 0 Å². The van der Waals surface area contributed by atoms with E-state index in [1.54, 1.807) is 6.92 Å². The standard InChI is InChI=1S/C11H17NO2/c1-7(13)12-11-4-8-2-9(5-11)14-10(3-8)6-11/h8-10H,2-6H2,1H3,(H,12,13)/t8?,9-,10+,11?. The highest BCUT2D eigenvalue weighted by Crippen LogP contribution is 2.49. The maximum atomic E-state index is 11.2. The van der Waals surface area contributed by atoms with Gasteiger partial charge in [-0.05, 0) is 38.0 Å². The van der Waals surface area contributed by atoms with Crippen molar-refractivity contribution in [3.63, 3.8) is 0 Å². The van der Waals surface area contributed by atoms with E-state index in [2.05, 4.69) is 5.32 Å². The molecule has 3 nitrogen and oxygen atoms in total. The van der Waals surface area contributed by atoms with Gasteiger partial charge in [0.25, 0.3) is 0 Å². The van der Waals surface area contributed by atoms with Gasteiger partial charge in [0.05, 0.1) is 12.2 Å². The van der Waals surface area contributed by atoms with E-state index < -0.39 is 0 Å². The topological polar surface area (TPSA) is 38.3 Å². The monoisotopic (exact) mass is 195 g/mol. The Kier molecular flexibility index (Phi) is 1.69. The molecule has 0 aromatic rings. The summed E-state index contributed by atoms with van der Waals surface area (Å²) in [4.78, 5) is 11.2. The number of ether oxygens (including phenoxy) is 1. The molecule has 2 unspecified atom stereocenters. The molecule has 4 rings (SSSR count). The number of carbonyl (C=O) groups is 1. The molecule has 78 valence electrons. The lowest BCUT2D eigenvalue weighted by Gasteiger charge is -2.56. The van der Waals surface area contributed by atoms with Crippen molar-refractivity contribution in [1.29, 1.82) is 0 Å². The fourth-order valence-corrected chi connectivity index (χ4v) is 3.85. The molecule has 0 spiro atoms. The third-order valence-electron chi connectivity index (χ3n) is 3.93. The highest BCUT2D eigenvalue weighted by molar-refractivity contribution is 5.74. The number of hydrogen-bond acceptors (Lipinski definition) is 2. The lowest BCUT2D eigenvalue weighted by atomic mass is 9.63. The molecular weight excluding hydrogens is 178 g/mol. The predicted molar refractivity (Wildman–Crippen MR) is 51.8 cm³/mol. The van der Waals surface area contributed by atoms with Gasteiger partial charge in [-0.3, -0.25) is 4.79 Å². The number of rotatable bonds is 1. The van der Waals surface area contributed by atoms with Crippen LogP contribution in [0.1, 0.15) is 39.0 Å². The van der Waals surface area contributed by atoms with Crippen molar-refractivity contribution in [2.75, 3.05) is 0 Å². The van der Waals surface area contributed by atoms with Crippen molar-refractivity contribution in [2.45, 2.75) is 56.8 Å². The minimum absolute atomic E-state index is 0.0978. The van der Waals surface area contributed by atoms with E-state index in [-0.39, 0.29) is 11.4 Å². The third-order valence-corrected chi connectivity index (χ3v) is 3.93. The third kappa shape index (κ3) is 1.26. The fourth-order valence-electron chi connectivity index (χ4n) is 3.85. The summed E-state index contributed by atoms with van der Waals surface area (Å²) in [7, 11) is 0. The largest absolute Gasteiger partial charge is 0.375 e. The predicted octanol–water partition coefficient (Wildman–Crippen LogP) is 1.22. The molecule has 1 amide bonds. The highest BCUT2D eigenvalue weighted by Gasteiger charge is 2.52. The van der Waals surface area contributed by atoms with E-state index in [9.17, 15) is 4.79 Å². The van der Waals surface area contributed by atoms with Crippen LogP contribution in [0.25, 0.3) is 0 Å². The second-order valence-electron chi connectivity index (χ2n) is 5.29. The molecule has 0 aromatic heterocycles. The molecule has 0 aromatic carbocycles. The molecule has 4 atom stereocenters. The number of nitrogens with one attached hydrogen (secondary N) is 1. The van der Waals surface area contributed by atoms with E-state index in [0.29, 0.717) is 12.2 Å². The molecule has 0 radical (unpaired) electrons. The van der Waals surface area contributed by atoms with Crippen molar-refractivity contribution in [3.05, 3.63) is 0 Å². The van der Waals surface area contributed by atoms with Gasteiger partial charge in [-0.25, -0.2) is 0 Å². The molecular formula is C11H17NO2. The Morgan fingerprint density at radius 3 is 2.43 bits per heavy atom. The van der Waals surface area contributed by atoms with Crippen molar-refractivity contribution in [3.8, 4) is 0 Å². The average molecular weight is 195 g/mol. The van der Waals surface area contributed by atoms with Crippen molar-refractivity contribution in [2.24, 2.45) is 5.92 Å². The van der Waals surface area contributed by atoms with Gasteiger partial charge < -0.3 is 10.1 Å². The number of hydrogen-bond donors (Lipinski definition) is 1. The Hall–Kier alpha value is -0.570. The maximum absolute atomic E-state index is 11.2. The summed E-state index contributed by atoms with van der Waals surface area (Å²) >= 11 is 0. The zero-order valence-electron chi connectivity index (χ0n) is 8.58. The summed E-state index contributed by atoms with van der Waals surface area (Å²) in [5, 5.41) is 3.17. The Bertz CT molecular complexity index is 239. The zero-order chi connectivity index (χ0) is 9.76. The normalized spacial score (nSPS) is 49.4. The van der Waals surface area contributed by atoms with Gasteiger partial charge in [0, 0.05) is 12.5 Å². The first kappa shape index (κ1) is 8.72. The number of amides is 1. The van der Waals surface area contributed by atoms with E-state index in [0.717, 1.165) is 18.8 Å². The van der Waals surface area contributed by atoms with Crippen LogP contribution in [-0.2, 0) is 9.53 Å². The van der Waals surface area contributed by atoms with E-state index in [4.69, 9.17) is 4.74 Å². The van der Waals surface area contributed by atoms with Crippen LogP contribution in [0.2, 0.25) is 0 Å². The van der Waals surface area contributed by atoms with Crippen LogP contribution in [0, 0.1) is 5.92 Å². The molecule has 2 saturated carbocycles. The average Bonchev–Trinajstić information content (AvgIpc) is 1.96. The quantitative estimate of drug-likeness (QED) is 0.683. The van der Waals surface area contributed by atoms with Gasteiger partial charge in [-0.2, -0.15) is 0 Å². The summed E-state index contributed by atoms with van der Waals surface area (Å²) in [6.45, 7) is 1.62. The van der Waals surface area contributed by atoms with Gasteiger partial charge in [0.1, 0.15) is 0 Å². The molecule has 4 fully saturated rings. The van der Waals surface area contributed by atoms with Crippen molar-refractivity contribution >= 4 is 5.91 Å². The Morgan fingerprint density at radius 1 is 1.29 bits per heavy atom. The molecule has 2 heterocycles. The first-order chi connectivity index (χ1) is 6.65. The zero-order valence-corrected chi connectivity index (χ0v) is 8.58. The van der Waals surface area contributed by atoms with E-state index >= 15 is 0 Å². The van der Waals surface area contributed by atoms with E-state index in [1.807, 2.05) is 0 Å². The Labute approximate surface area is 84.2 Å². The summed E-state index contributed by atoms with van der Waals surface area (Å²) in [6, 6.07) is 0. The molecule has 4 aliphatic rings. The molecule has 14 heavy (non-hydrogen) atoms. The molecule has 4 bridgehead atoms. The van der Waals surface area contributed by atoms with Crippen LogP contribution in [0.5, 0.6) is 0 Å². The van der Waals surface area contributed by atoms with Crippen molar-refractivity contribution < 1.29 is 9.53 Å². The summed E-state index contributed by atoms with van der Waals surface area (Å²) in [5.41, 5.74) is 0.0978. The van der Waals surface area contributed by atoms with Gasteiger partial charge >= 0.3 is 0 Å². The first-order valence-electron chi connectivity index (χ1n) is 5.59. The Balaban J connectivity index is 1.83. The Morgan fingerprint density at radius 2 is 1.93 bits per heavy atom. The summed E-state index contributed by atoms with van der Waals surface area (Å²) < 4.78 is 5.88. The lowest BCUT2D eigenvalue weighted by Crippen LogP contribution is -2.63. The van der Waals surface area contributed by atoms with Crippen LogP contribution in [-0.4, -0.2) is 23.7 Å². The minimum Gasteiger partial charge on any atom is -0.375 e. The molecule has 2 saturated heterocycles. The van der Waals surface area contributed by atoms with Crippen LogP contribution in [0.4, 0.5) is 0 Å². The maximum Gasteiger partial charge on any atom is 0.217 e. The van der Waals surface area contributed by atoms with Gasteiger partial charge in [-0.15, -0.1) is 0 Å². The summed E-state index contributed by atoms with van der Waals surface area (Å²) in [5.74, 6) is 0.917. The highest BCUT2D eigenvalue weighted by atomic mass is 16.5. The SMILES string of the molecule is CC(=O)NC12CC3C[C@H](C1)O[C@@H](C3)C2. The fraction of sp³-hybridized carbons (Fsp3) is 0.909. The molecule has 2 aliphatic carbocycles. The van der Waals surface area contributed by atoms with Crippen LogP contribution in [0.15, 0.2) is 0 Å². The number of carbonyl (C=O) groups excluding carboxylic acids is 1. The first-order valence-corrected chi connectivity index (χ1v) is 5.59. The molecule has 2 aliphatic heterocycles. The van der Waals surface area contributed by atoms with E-state index in [1.165, 1.54) is 19.3 Å². The molecule has 1 N–H and O–H groups in total. The second kappa shape index (κ2) is 2.72. The lowest BCUT2D eigenvalue weighted by molar-refractivity contribution is -0.172. The van der Waals surface area contributed by atoms with Gasteiger partial charge in [0.15, 0.2) is 0 Å². The van der Waals surface area contributed by atoms with Gasteiger partial charge in [-0.1, -0.05) is 0 Å². The summed E-state index contributed by atoms with van der Waals surface area (Å²) in [6.07, 6.45) is 6.55. The van der Waals surface area contributed by atoms with Crippen molar-refractivity contribution in [1.82, 2.24) is 5.32 Å². The minimum atomic E-state index is 0.0978. The van der Waals surface area contributed by atoms with Crippen LogP contribution < -0.4 is 5.32 Å². The molecule has 3 heteroatoms.